The first-order chi connectivity index (χ1) is 14.7. The Kier molecular flexibility index (Phi) is 7.18. The number of carbonyl (C=O) groups excluding carboxylic acids is 2. The van der Waals surface area contributed by atoms with Crippen molar-refractivity contribution in [2.45, 2.75) is 81.1 Å². The highest BCUT2D eigenvalue weighted by Crippen LogP contribution is 2.60. The number of aliphatic hydroxyl groups excluding tert-OH is 1. The zero-order valence-electron chi connectivity index (χ0n) is 18.4. The van der Waals surface area contributed by atoms with E-state index >= 15 is 0 Å². The molecule has 8 atom stereocenters. The van der Waals surface area contributed by atoms with E-state index in [0.717, 1.165) is 12.8 Å². The minimum absolute atomic E-state index is 0.0780. The van der Waals surface area contributed by atoms with Crippen LogP contribution in [0.4, 0.5) is 0 Å². The van der Waals surface area contributed by atoms with E-state index in [-0.39, 0.29) is 23.4 Å². The van der Waals surface area contributed by atoms with Crippen molar-refractivity contribution >= 4 is 33.7 Å². The van der Waals surface area contributed by atoms with E-state index in [1.54, 1.807) is 11.0 Å². The number of halogens is 1. The molecular formula is C22H33BrN2O6. The van der Waals surface area contributed by atoms with Gasteiger partial charge in [-0.1, -0.05) is 42.3 Å². The summed E-state index contributed by atoms with van der Waals surface area (Å²) in [5.41, 5.74) is -1.22. The van der Waals surface area contributed by atoms with Crippen molar-refractivity contribution in [2.24, 2.45) is 11.8 Å². The van der Waals surface area contributed by atoms with Crippen molar-refractivity contribution < 1.29 is 29.3 Å². The number of alkyl halides is 1. The number of nitrogens with zero attached hydrogens (tertiary/aromatic N) is 2. The van der Waals surface area contributed by atoms with Crippen LogP contribution in [0.1, 0.15) is 46.5 Å². The largest absolute Gasteiger partial charge is 0.481 e. The van der Waals surface area contributed by atoms with Crippen LogP contribution in [0.5, 0.6) is 0 Å². The number of carbonyl (C=O) groups is 3. The third-order valence-corrected chi connectivity index (χ3v) is 8.01. The van der Waals surface area contributed by atoms with Gasteiger partial charge in [-0.3, -0.25) is 14.4 Å². The molecule has 1 spiro atoms. The molecule has 3 aliphatic rings. The number of ether oxygens (including phenoxy) is 1. The van der Waals surface area contributed by atoms with E-state index in [9.17, 15) is 24.6 Å². The van der Waals surface area contributed by atoms with Crippen molar-refractivity contribution in [3.8, 4) is 0 Å². The SMILES string of the molecule is C=CCN(C(=O)C1N([C@@H](CC)CO)C(=O)[C@@H]2[C@H](C(=O)O)[C@H]3OC12CC3Br)C(C)CCC. The summed E-state index contributed by atoms with van der Waals surface area (Å²) in [5.74, 6) is -3.74. The fourth-order valence-electron chi connectivity index (χ4n) is 5.79. The van der Waals surface area contributed by atoms with E-state index < -0.39 is 47.5 Å². The molecule has 2 bridgehead atoms. The van der Waals surface area contributed by atoms with Crippen LogP contribution in [-0.4, -0.2) is 85.6 Å². The normalized spacial score (nSPS) is 35.7. The first kappa shape index (κ1) is 24.2. The number of likely N-dealkylation sites (tertiary alicyclic amines) is 1. The summed E-state index contributed by atoms with van der Waals surface area (Å²) in [6.07, 6.45) is 3.48. The Hall–Kier alpha value is -1.45. The van der Waals surface area contributed by atoms with Gasteiger partial charge in [0.2, 0.25) is 11.8 Å². The van der Waals surface area contributed by atoms with Gasteiger partial charge in [0.15, 0.2) is 0 Å². The molecule has 3 fully saturated rings. The zero-order valence-corrected chi connectivity index (χ0v) is 20.0. The molecule has 3 heterocycles. The van der Waals surface area contributed by atoms with Gasteiger partial charge in [0.1, 0.15) is 11.6 Å². The summed E-state index contributed by atoms with van der Waals surface area (Å²) in [6, 6.07) is -1.64. The Labute approximate surface area is 191 Å². The maximum Gasteiger partial charge on any atom is 0.310 e. The minimum atomic E-state index is -1.22. The van der Waals surface area contributed by atoms with E-state index in [0.29, 0.717) is 19.4 Å². The van der Waals surface area contributed by atoms with E-state index in [4.69, 9.17) is 4.74 Å². The molecule has 0 radical (unpaired) electrons. The summed E-state index contributed by atoms with van der Waals surface area (Å²) in [6.45, 7) is 9.64. The molecule has 3 aliphatic heterocycles. The summed E-state index contributed by atoms with van der Waals surface area (Å²) in [4.78, 5) is 42.6. The number of aliphatic carboxylic acids is 1. The molecule has 3 saturated heterocycles. The third-order valence-electron chi connectivity index (χ3n) is 7.17. The molecule has 2 N–H and O–H groups in total. The second-order valence-corrected chi connectivity index (χ2v) is 10.1. The minimum Gasteiger partial charge on any atom is -0.481 e. The van der Waals surface area contributed by atoms with Crippen LogP contribution in [0.3, 0.4) is 0 Å². The van der Waals surface area contributed by atoms with E-state index in [1.807, 2.05) is 20.8 Å². The third kappa shape index (κ3) is 3.62. The highest BCUT2D eigenvalue weighted by molar-refractivity contribution is 9.09. The van der Waals surface area contributed by atoms with Crippen molar-refractivity contribution in [3.63, 3.8) is 0 Å². The lowest BCUT2D eigenvalue weighted by Gasteiger charge is -2.40. The second kappa shape index (κ2) is 9.19. The molecule has 8 nitrogen and oxygen atoms in total. The maximum atomic E-state index is 14.0. The number of rotatable bonds is 10. The lowest BCUT2D eigenvalue weighted by atomic mass is 9.70. The quantitative estimate of drug-likeness (QED) is 0.349. The molecule has 0 aromatic rings. The smallest absolute Gasteiger partial charge is 0.310 e. The fraction of sp³-hybridized carbons (Fsp3) is 0.773. The molecule has 0 aliphatic carbocycles. The predicted octanol–water partition coefficient (Wildman–Crippen LogP) is 1.79. The van der Waals surface area contributed by atoms with Crippen molar-refractivity contribution in [2.75, 3.05) is 13.2 Å². The van der Waals surface area contributed by atoms with Crippen molar-refractivity contribution in [3.05, 3.63) is 12.7 Å². The molecule has 0 aromatic carbocycles. The Morgan fingerprint density at radius 2 is 2.13 bits per heavy atom. The lowest BCUT2D eigenvalue weighted by Crippen LogP contribution is -2.60. The Morgan fingerprint density at radius 1 is 1.45 bits per heavy atom. The van der Waals surface area contributed by atoms with E-state index in [1.165, 1.54) is 4.90 Å². The molecule has 4 unspecified atom stereocenters. The molecule has 3 rings (SSSR count). The molecule has 2 amide bonds. The molecular weight excluding hydrogens is 468 g/mol. The van der Waals surface area contributed by atoms with Crippen LogP contribution >= 0.6 is 15.9 Å². The standard InChI is InChI=1S/C22H33BrN2O6/c1-5-8-12(4)24(9-6-2)20(28)18-22-10-14(23)17(31-22)15(21(29)30)16(22)19(27)25(18)13(7-3)11-26/h6,12-18,26H,2,5,7-11H2,1,3-4H3,(H,29,30)/t12?,13-,14?,15-,16-,17-,18?,22?/m0/s1. The van der Waals surface area contributed by atoms with Crippen LogP contribution in [0, 0.1) is 11.8 Å². The number of hydrogen-bond acceptors (Lipinski definition) is 5. The van der Waals surface area contributed by atoms with Gasteiger partial charge in [0.25, 0.3) is 0 Å². The van der Waals surface area contributed by atoms with Crippen LogP contribution in [0.2, 0.25) is 0 Å². The van der Waals surface area contributed by atoms with Crippen LogP contribution < -0.4 is 0 Å². The topological polar surface area (TPSA) is 107 Å². The highest BCUT2D eigenvalue weighted by atomic mass is 79.9. The van der Waals surface area contributed by atoms with Gasteiger partial charge in [0, 0.05) is 17.4 Å². The van der Waals surface area contributed by atoms with Gasteiger partial charge < -0.3 is 24.7 Å². The average Bonchev–Trinajstić information content (AvgIpc) is 3.31. The number of fused-ring (bicyclic) bond motifs is 1. The summed E-state index contributed by atoms with van der Waals surface area (Å²) in [7, 11) is 0. The van der Waals surface area contributed by atoms with Crippen molar-refractivity contribution in [1.29, 1.82) is 0 Å². The Morgan fingerprint density at radius 3 is 2.65 bits per heavy atom. The predicted molar refractivity (Wildman–Crippen MR) is 118 cm³/mol. The zero-order chi connectivity index (χ0) is 23.1. The number of carboxylic acid groups (broad SMARTS) is 1. The van der Waals surface area contributed by atoms with Gasteiger partial charge >= 0.3 is 5.97 Å². The van der Waals surface area contributed by atoms with Gasteiger partial charge in [0.05, 0.1) is 30.6 Å². The Balaban J connectivity index is 2.12. The van der Waals surface area contributed by atoms with Crippen LogP contribution in [0.15, 0.2) is 12.7 Å². The van der Waals surface area contributed by atoms with Crippen molar-refractivity contribution in [1.82, 2.24) is 9.80 Å². The first-order valence-electron chi connectivity index (χ1n) is 11.1. The summed E-state index contributed by atoms with van der Waals surface area (Å²) >= 11 is 3.54. The number of carboxylic acids is 1. The van der Waals surface area contributed by atoms with Crippen LogP contribution in [0.25, 0.3) is 0 Å². The number of amides is 2. The highest BCUT2D eigenvalue weighted by Gasteiger charge is 2.77. The monoisotopic (exact) mass is 500 g/mol. The lowest BCUT2D eigenvalue weighted by molar-refractivity contribution is -0.154. The van der Waals surface area contributed by atoms with Gasteiger partial charge in [-0.25, -0.2) is 0 Å². The van der Waals surface area contributed by atoms with Gasteiger partial charge in [-0.2, -0.15) is 0 Å². The maximum absolute atomic E-state index is 14.0. The van der Waals surface area contributed by atoms with E-state index in [2.05, 4.69) is 22.5 Å². The molecule has 174 valence electrons. The summed E-state index contributed by atoms with van der Waals surface area (Å²) < 4.78 is 6.27. The number of aliphatic hydroxyl groups is 1. The summed E-state index contributed by atoms with van der Waals surface area (Å²) in [5, 5.41) is 19.9. The first-order valence-corrected chi connectivity index (χ1v) is 12.0. The second-order valence-electron chi connectivity index (χ2n) is 8.91. The molecule has 0 aromatic heterocycles. The fourth-order valence-corrected chi connectivity index (χ4v) is 6.74. The number of hydrogen-bond donors (Lipinski definition) is 2. The average molecular weight is 501 g/mol. The van der Waals surface area contributed by atoms with Gasteiger partial charge in [-0.05, 0) is 26.2 Å². The molecule has 31 heavy (non-hydrogen) atoms. The molecule has 9 heteroatoms. The Bertz CT molecular complexity index is 744. The van der Waals surface area contributed by atoms with Gasteiger partial charge in [-0.15, -0.1) is 6.58 Å². The van der Waals surface area contributed by atoms with Crippen LogP contribution in [-0.2, 0) is 19.1 Å². The molecule has 0 saturated carbocycles.